The van der Waals surface area contributed by atoms with Gasteiger partial charge in [0.25, 0.3) is 11.1 Å². The second kappa shape index (κ2) is 6.07. The standard InChI is InChI=1S/C17H14N2O2S/c1-19(13-5-3-2-4-6-13)14-9-7-12(8-10-14)11-15-16(20)18-17(21)22-15/h2-11H,1H3,(H,18,20,21)/b15-11+. The third-order valence-corrected chi connectivity index (χ3v) is 4.17. The van der Waals surface area contributed by atoms with Crippen LogP contribution in [0, 0.1) is 0 Å². The Kier molecular flexibility index (Phi) is 3.98. The monoisotopic (exact) mass is 310 g/mol. The molecule has 1 N–H and O–H groups in total. The molecule has 1 heterocycles. The molecule has 0 unspecified atom stereocenters. The van der Waals surface area contributed by atoms with E-state index in [0.29, 0.717) is 4.91 Å². The first-order valence-corrected chi connectivity index (χ1v) is 7.59. The Hall–Kier alpha value is -2.53. The van der Waals surface area contributed by atoms with Crippen molar-refractivity contribution in [1.29, 1.82) is 0 Å². The fourth-order valence-corrected chi connectivity index (χ4v) is 2.85. The van der Waals surface area contributed by atoms with E-state index in [1.54, 1.807) is 6.08 Å². The van der Waals surface area contributed by atoms with E-state index in [9.17, 15) is 9.59 Å². The summed E-state index contributed by atoms with van der Waals surface area (Å²) in [6, 6.07) is 17.9. The summed E-state index contributed by atoms with van der Waals surface area (Å²) in [5, 5.41) is 1.92. The second-order valence-electron chi connectivity index (χ2n) is 4.84. The molecule has 0 spiro atoms. The van der Waals surface area contributed by atoms with Crippen LogP contribution in [0.1, 0.15) is 5.56 Å². The van der Waals surface area contributed by atoms with Crippen molar-refractivity contribution in [1.82, 2.24) is 5.32 Å². The number of para-hydroxylation sites is 1. The molecule has 22 heavy (non-hydrogen) atoms. The lowest BCUT2D eigenvalue weighted by Crippen LogP contribution is -2.17. The molecule has 0 saturated carbocycles. The lowest BCUT2D eigenvalue weighted by molar-refractivity contribution is -0.115. The topological polar surface area (TPSA) is 49.4 Å². The molecule has 0 atom stereocenters. The zero-order chi connectivity index (χ0) is 15.5. The van der Waals surface area contributed by atoms with Gasteiger partial charge in [0.1, 0.15) is 0 Å². The van der Waals surface area contributed by atoms with Gasteiger partial charge in [0.15, 0.2) is 0 Å². The van der Waals surface area contributed by atoms with Crippen molar-refractivity contribution < 1.29 is 9.59 Å². The molecule has 4 nitrogen and oxygen atoms in total. The summed E-state index contributed by atoms with van der Waals surface area (Å²) in [4.78, 5) is 25.2. The van der Waals surface area contributed by atoms with Gasteiger partial charge in [0, 0.05) is 18.4 Å². The minimum atomic E-state index is -0.333. The van der Waals surface area contributed by atoms with Crippen LogP contribution in [0.2, 0.25) is 0 Å². The van der Waals surface area contributed by atoms with Crippen molar-refractivity contribution >= 4 is 40.4 Å². The Balaban J connectivity index is 1.80. The number of benzene rings is 2. The highest BCUT2D eigenvalue weighted by Crippen LogP contribution is 2.27. The molecule has 0 aliphatic carbocycles. The Morgan fingerprint density at radius 1 is 0.955 bits per heavy atom. The molecular formula is C17H14N2O2S. The molecule has 2 aromatic carbocycles. The number of carbonyl (C=O) groups excluding carboxylic acids is 2. The molecule has 2 aromatic rings. The quantitative estimate of drug-likeness (QED) is 0.877. The van der Waals surface area contributed by atoms with Crippen LogP contribution in [0.4, 0.5) is 16.2 Å². The van der Waals surface area contributed by atoms with E-state index >= 15 is 0 Å². The van der Waals surface area contributed by atoms with Gasteiger partial charge in [-0.2, -0.15) is 0 Å². The van der Waals surface area contributed by atoms with Crippen LogP contribution in [-0.4, -0.2) is 18.2 Å². The minimum absolute atomic E-state index is 0.323. The molecule has 1 fully saturated rings. The van der Waals surface area contributed by atoms with Crippen molar-refractivity contribution in [3.8, 4) is 0 Å². The summed E-state index contributed by atoms with van der Waals surface area (Å²) in [5.41, 5.74) is 3.04. The van der Waals surface area contributed by atoms with E-state index < -0.39 is 0 Å². The molecule has 1 aliphatic rings. The molecule has 0 aromatic heterocycles. The van der Waals surface area contributed by atoms with Crippen LogP contribution in [0.25, 0.3) is 6.08 Å². The SMILES string of the molecule is CN(c1ccccc1)c1ccc(/C=C2/SC(=O)NC2=O)cc1. The van der Waals surface area contributed by atoms with E-state index in [4.69, 9.17) is 0 Å². The van der Waals surface area contributed by atoms with E-state index in [2.05, 4.69) is 10.2 Å². The van der Waals surface area contributed by atoms with Crippen LogP contribution in [0.5, 0.6) is 0 Å². The number of amides is 2. The van der Waals surface area contributed by atoms with Crippen molar-refractivity contribution in [3.63, 3.8) is 0 Å². The van der Waals surface area contributed by atoms with Gasteiger partial charge in [0.05, 0.1) is 4.91 Å². The van der Waals surface area contributed by atoms with Crippen LogP contribution in [0.15, 0.2) is 59.5 Å². The van der Waals surface area contributed by atoms with Crippen LogP contribution in [0.3, 0.4) is 0 Å². The average Bonchev–Trinajstić information content (AvgIpc) is 2.86. The van der Waals surface area contributed by atoms with Crippen LogP contribution >= 0.6 is 11.8 Å². The number of hydrogen-bond donors (Lipinski definition) is 1. The maximum atomic E-state index is 11.5. The van der Waals surface area contributed by atoms with Crippen molar-refractivity contribution in [2.75, 3.05) is 11.9 Å². The van der Waals surface area contributed by atoms with Gasteiger partial charge in [-0.25, -0.2) is 0 Å². The van der Waals surface area contributed by atoms with E-state index in [1.807, 2.05) is 61.6 Å². The predicted molar refractivity (Wildman–Crippen MR) is 90.1 cm³/mol. The molecular weight excluding hydrogens is 296 g/mol. The smallest absolute Gasteiger partial charge is 0.290 e. The molecule has 1 aliphatic heterocycles. The Labute approximate surface area is 132 Å². The van der Waals surface area contributed by atoms with Crippen molar-refractivity contribution in [3.05, 3.63) is 65.1 Å². The largest absolute Gasteiger partial charge is 0.345 e. The number of thioether (sulfide) groups is 1. The fraction of sp³-hybridized carbons (Fsp3) is 0.0588. The molecule has 5 heteroatoms. The highest BCUT2D eigenvalue weighted by atomic mass is 32.2. The van der Waals surface area contributed by atoms with Crippen LogP contribution in [-0.2, 0) is 4.79 Å². The summed E-state index contributed by atoms with van der Waals surface area (Å²) >= 11 is 0.927. The Bertz CT molecular complexity index is 739. The minimum Gasteiger partial charge on any atom is -0.345 e. The molecule has 3 rings (SSSR count). The maximum Gasteiger partial charge on any atom is 0.290 e. The molecule has 0 radical (unpaired) electrons. The Morgan fingerprint density at radius 3 is 2.18 bits per heavy atom. The van der Waals surface area contributed by atoms with E-state index in [0.717, 1.165) is 28.7 Å². The maximum absolute atomic E-state index is 11.5. The molecule has 1 saturated heterocycles. The lowest BCUT2D eigenvalue weighted by atomic mass is 10.1. The lowest BCUT2D eigenvalue weighted by Gasteiger charge is -2.19. The van der Waals surface area contributed by atoms with Gasteiger partial charge in [-0.05, 0) is 47.7 Å². The second-order valence-corrected chi connectivity index (χ2v) is 5.85. The van der Waals surface area contributed by atoms with Gasteiger partial charge in [-0.1, -0.05) is 30.3 Å². The number of nitrogens with zero attached hydrogens (tertiary/aromatic N) is 1. The number of rotatable bonds is 3. The molecule has 110 valence electrons. The fourth-order valence-electron chi connectivity index (χ4n) is 2.17. The average molecular weight is 310 g/mol. The number of hydrogen-bond acceptors (Lipinski definition) is 4. The molecule has 2 amide bonds. The van der Waals surface area contributed by atoms with Crippen molar-refractivity contribution in [2.45, 2.75) is 0 Å². The van der Waals surface area contributed by atoms with Crippen molar-refractivity contribution in [2.24, 2.45) is 0 Å². The molecule has 0 bridgehead atoms. The van der Waals surface area contributed by atoms with Gasteiger partial charge in [-0.3, -0.25) is 14.9 Å². The van der Waals surface area contributed by atoms with E-state index in [-0.39, 0.29) is 11.1 Å². The summed E-state index contributed by atoms with van der Waals surface area (Å²) in [5.74, 6) is -0.333. The van der Waals surface area contributed by atoms with Gasteiger partial charge in [0.2, 0.25) is 0 Å². The summed E-state index contributed by atoms with van der Waals surface area (Å²) in [7, 11) is 2.00. The predicted octanol–water partition coefficient (Wildman–Crippen LogP) is 3.78. The zero-order valence-electron chi connectivity index (χ0n) is 11.9. The number of carbonyl (C=O) groups is 2. The van der Waals surface area contributed by atoms with Crippen LogP contribution < -0.4 is 10.2 Å². The normalized spacial score (nSPS) is 16.0. The summed E-state index contributed by atoms with van der Waals surface area (Å²) in [6.45, 7) is 0. The van der Waals surface area contributed by atoms with E-state index in [1.165, 1.54) is 0 Å². The third kappa shape index (κ3) is 3.04. The number of imide groups is 1. The summed E-state index contributed by atoms with van der Waals surface area (Å²) in [6.07, 6.45) is 1.72. The van der Waals surface area contributed by atoms with Gasteiger partial charge < -0.3 is 4.90 Å². The first kappa shape index (κ1) is 14.4. The van der Waals surface area contributed by atoms with Gasteiger partial charge in [-0.15, -0.1) is 0 Å². The third-order valence-electron chi connectivity index (χ3n) is 3.36. The first-order valence-electron chi connectivity index (χ1n) is 6.77. The first-order chi connectivity index (χ1) is 10.6. The number of anilines is 2. The van der Waals surface area contributed by atoms with Gasteiger partial charge >= 0.3 is 0 Å². The highest BCUT2D eigenvalue weighted by Gasteiger charge is 2.24. The highest BCUT2D eigenvalue weighted by molar-refractivity contribution is 8.18. The summed E-state index contributed by atoms with van der Waals surface area (Å²) < 4.78 is 0. The zero-order valence-corrected chi connectivity index (χ0v) is 12.8. The number of nitrogens with one attached hydrogen (secondary N) is 1. The Morgan fingerprint density at radius 2 is 1.59 bits per heavy atom.